The van der Waals surface area contributed by atoms with Crippen molar-refractivity contribution in [2.45, 2.75) is 0 Å². The number of rotatable bonds is 2. The van der Waals surface area contributed by atoms with Crippen molar-refractivity contribution in [3.8, 4) is 22.6 Å². The molecule has 2 heterocycles. The third-order valence-corrected chi connectivity index (χ3v) is 4.21. The molecule has 1 N–H and O–H groups in total. The highest BCUT2D eigenvalue weighted by Gasteiger charge is 2.04. The number of nitrogens with zero attached hydrogens (tertiary/aromatic N) is 2. The Bertz CT molecular complexity index is 996. The van der Waals surface area contributed by atoms with Crippen LogP contribution >= 0.6 is 0 Å². The van der Waals surface area contributed by atoms with E-state index in [9.17, 15) is 0 Å². The summed E-state index contributed by atoms with van der Waals surface area (Å²) < 4.78 is 0. The van der Waals surface area contributed by atoms with Crippen LogP contribution in [0, 0.1) is 0 Å². The molecule has 0 aliphatic carbocycles. The van der Waals surface area contributed by atoms with Gasteiger partial charge in [0.05, 0.1) is 11.2 Å². The van der Waals surface area contributed by atoms with Crippen molar-refractivity contribution in [3.05, 3.63) is 109 Å². The summed E-state index contributed by atoms with van der Waals surface area (Å²) in [5, 5.41) is 1.20. The van der Waals surface area contributed by atoms with Gasteiger partial charge in [-0.2, -0.15) is 0 Å². The van der Waals surface area contributed by atoms with Gasteiger partial charge in [0.1, 0.15) is 5.82 Å². The van der Waals surface area contributed by atoms with E-state index in [1.165, 1.54) is 5.39 Å². The molecule has 3 heteroatoms. The van der Waals surface area contributed by atoms with Crippen LogP contribution in [0.15, 0.2) is 109 Å². The van der Waals surface area contributed by atoms with E-state index in [0.717, 1.165) is 28.2 Å². The van der Waals surface area contributed by atoms with Gasteiger partial charge in [0, 0.05) is 28.9 Å². The second-order valence-electron chi connectivity index (χ2n) is 6.06. The highest BCUT2D eigenvalue weighted by atomic mass is 14.9. The minimum atomic E-state index is 0.907. The highest BCUT2D eigenvalue weighted by molar-refractivity contribution is 5.77. The molecule has 0 bridgehead atoms. The molecule has 5 rings (SSSR count). The van der Waals surface area contributed by atoms with E-state index < -0.39 is 0 Å². The number of aromatic amines is 1. The molecule has 2 aromatic heterocycles. The fourth-order valence-electron chi connectivity index (χ4n) is 2.84. The Labute approximate surface area is 158 Å². The summed E-state index contributed by atoms with van der Waals surface area (Å²) in [6.07, 6.45) is 3.75. The Morgan fingerprint density at radius 3 is 1.96 bits per heavy atom. The summed E-state index contributed by atoms with van der Waals surface area (Å²) in [6.45, 7) is 0. The quantitative estimate of drug-likeness (QED) is 0.426. The van der Waals surface area contributed by atoms with Gasteiger partial charge >= 0.3 is 0 Å². The normalized spacial score (nSPS) is 10.2. The molecule has 0 radical (unpaired) electrons. The van der Waals surface area contributed by atoms with Crippen LogP contribution < -0.4 is 0 Å². The average Bonchev–Trinajstić information content (AvgIpc) is 3.26. The van der Waals surface area contributed by atoms with E-state index in [1.807, 2.05) is 85.2 Å². The Morgan fingerprint density at radius 2 is 1.22 bits per heavy atom. The van der Waals surface area contributed by atoms with E-state index in [0.29, 0.717) is 0 Å². The number of fused-ring (bicyclic) bond motifs is 1. The van der Waals surface area contributed by atoms with Crippen molar-refractivity contribution >= 4 is 10.9 Å². The lowest BCUT2D eigenvalue weighted by atomic mass is 10.2. The van der Waals surface area contributed by atoms with Crippen LogP contribution in [0.25, 0.3) is 33.5 Å². The largest absolute Gasteiger partial charge is 0.344 e. The van der Waals surface area contributed by atoms with Gasteiger partial charge in [0.2, 0.25) is 0 Å². The zero-order chi connectivity index (χ0) is 18.3. The Hall–Kier alpha value is -3.72. The van der Waals surface area contributed by atoms with Gasteiger partial charge in [-0.05, 0) is 12.1 Å². The maximum Gasteiger partial charge on any atom is 0.138 e. The van der Waals surface area contributed by atoms with Crippen molar-refractivity contribution in [1.82, 2.24) is 15.0 Å². The van der Waals surface area contributed by atoms with E-state index in [-0.39, 0.29) is 0 Å². The lowest BCUT2D eigenvalue weighted by molar-refractivity contribution is 1.31. The number of hydrogen-bond acceptors (Lipinski definition) is 2. The topological polar surface area (TPSA) is 41.6 Å². The lowest BCUT2D eigenvalue weighted by Gasteiger charge is -1.95. The number of H-pyrrole nitrogens is 1. The molecule has 3 nitrogen and oxygen atoms in total. The van der Waals surface area contributed by atoms with Crippen LogP contribution in [0.5, 0.6) is 0 Å². The number of aromatic nitrogens is 3. The highest BCUT2D eigenvalue weighted by Crippen LogP contribution is 2.21. The monoisotopic (exact) mass is 349 g/mol. The van der Waals surface area contributed by atoms with Crippen LogP contribution in [0.2, 0.25) is 0 Å². The van der Waals surface area contributed by atoms with Crippen molar-refractivity contribution < 1.29 is 0 Å². The second-order valence-corrected chi connectivity index (χ2v) is 6.06. The van der Waals surface area contributed by atoms with Crippen LogP contribution in [0.3, 0.4) is 0 Å². The Kier molecular flexibility index (Phi) is 5.02. The molecule has 0 atom stereocenters. The summed E-state index contributed by atoms with van der Waals surface area (Å²) in [5.41, 5.74) is 4.27. The number of imidazole rings is 1. The lowest BCUT2D eigenvalue weighted by Crippen LogP contribution is -1.80. The van der Waals surface area contributed by atoms with Crippen molar-refractivity contribution in [2.75, 3.05) is 0 Å². The number of para-hydroxylation sites is 1. The molecule has 0 saturated carbocycles. The van der Waals surface area contributed by atoms with E-state index in [2.05, 4.69) is 39.2 Å². The van der Waals surface area contributed by atoms with Crippen molar-refractivity contribution in [2.24, 2.45) is 0 Å². The molecule has 0 unspecified atom stereocenters. The fraction of sp³-hybridized carbons (Fsp3) is 0. The van der Waals surface area contributed by atoms with E-state index in [1.54, 1.807) is 0 Å². The number of nitrogens with one attached hydrogen (secondary N) is 1. The molecular formula is C24H19N3. The Morgan fingerprint density at radius 1 is 0.593 bits per heavy atom. The smallest absolute Gasteiger partial charge is 0.138 e. The molecule has 130 valence electrons. The summed E-state index contributed by atoms with van der Waals surface area (Å²) >= 11 is 0. The molecule has 27 heavy (non-hydrogen) atoms. The maximum absolute atomic E-state index is 4.60. The average molecular weight is 349 g/mol. The van der Waals surface area contributed by atoms with Crippen LogP contribution in [0.1, 0.15) is 0 Å². The third-order valence-electron chi connectivity index (χ3n) is 4.21. The van der Waals surface area contributed by atoms with Crippen LogP contribution in [0.4, 0.5) is 0 Å². The molecule has 0 saturated heterocycles. The summed E-state index contributed by atoms with van der Waals surface area (Å²) in [6, 6.07) is 32.4. The fourth-order valence-corrected chi connectivity index (χ4v) is 2.84. The number of hydrogen-bond donors (Lipinski definition) is 1. The first-order valence-electron chi connectivity index (χ1n) is 8.86. The molecular weight excluding hydrogens is 330 g/mol. The molecule has 0 fully saturated rings. The van der Waals surface area contributed by atoms with Gasteiger partial charge in [-0.1, -0.05) is 84.9 Å². The third kappa shape index (κ3) is 4.10. The first-order valence-corrected chi connectivity index (χ1v) is 8.86. The summed E-state index contributed by atoms with van der Waals surface area (Å²) in [4.78, 5) is 12.0. The van der Waals surface area contributed by atoms with Crippen LogP contribution in [-0.2, 0) is 0 Å². The predicted octanol–water partition coefficient (Wildman–Crippen LogP) is 5.98. The summed E-state index contributed by atoms with van der Waals surface area (Å²) in [5.74, 6) is 0.907. The van der Waals surface area contributed by atoms with Gasteiger partial charge < -0.3 is 4.98 Å². The van der Waals surface area contributed by atoms with Crippen molar-refractivity contribution in [3.63, 3.8) is 0 Å². The zero-order valence-corrected chi connectivity index (χ0v) is 14.8. The first-order chi connectivity index (χ1) is 13.4. The minimum absolute atomic E-state index is 0.907. The van der Waals surface area contributed by atoms with Crippen molar-refractivity contribution in [1.29, 1.82) is 0 Å². The predicted molar refractivity (Wildman–Crippen MR) is 111 cm³/mol. The van der Waals surface area contributed by atoms with E-state index in [4.69, 9.17) is 0 Å². The molecule has 0 aliphatic heterocycles. The SMILES string of the molecule is c1ccc(-c2c[nH]c(-c3ccccc3)n2)cc1.c1ccc2ncccc2c1. The standard InChI is InChI=1S/C15H12N2.C9H7N/c1-3-7-12(8-4-1)14-11-16-15(17-14)13-9-5-2-6-10-13;1-2-6-9-8(4-1)5-3-7-10-9/h1-11H,(H,16,17);1-7H. The first kappa shape index (κ1) is 16.7. The minimum Gasteiger partial charge on any atom is -0.344 e. The maximum atomic E-state index is 4.60. The second kappa shape index (κ2) is 8.11. The van der Waals surface area contributed by atoms with Gasteiger partial charge in [-0.15, -0.1) is 0 Å². The number of pyridine rings is 1. The summed E-state index contributed by atoms with van der Waals surface area (Å²) in [7, 11) is 0. The zero-order valence-electron chi connectivity index (χ0n) is 14.8. The van der Waals surface area contributed by atoms with E-state index >= 15 is 0 Å². The van der Waals surface area contributed by atoms with Gasteiger partial charge in [-0.25, -0.2) is 4.98 Å². The molecule has 3 aromatic carbocycles. The molecule has 5 aromatic rings. The van der Waals surface area contributed by atoms with Crippen LogP contribution in [-0.4, -0.2) is 15.0 Å². The molecule has 0 spiro atoms. The molecule has 0 amide bonds. The van der Waals surface area contributed by atoms with Gasteiger partial charge in [-0.3, -0.25) is 4.98 Å². The van der Waals surface area contributed by atoms with Gasteiger partial charge in [0.15, 0.2) is 0 Å². The number of benzene rings is 3. The van der Waals surface area contributed by atoms with Gasteiger partial charge in [0.25, 0.3) is 0 Å². The Balaban J connectivity index is 0.000000153. The molecule has 0 aliphatic rings.